The molecular formula is C12H17ClN2O. The van der Waals surface area contributed by atoms with E-state index in [0.717, 1.165) is 34.9 Å². The van der Waals surface area contributed by atoms with Gasteiger partial charge in [-0.2, -0.15) is 0 Å². The van der Waals surface area contributed by atoms with Gasteiger partial charge in [0.25, 0.3) is 0 Å². The lowest BCUT2D eigenvalue weighted by atomic mass is 9.87. The highest BCUT2D eigenvalue weighted by atomic mass is 35.5. The van der Waals surface area contributed by atoms with Gasteiger partial charge in [-0.25, -0.2) is 0 Å². The number of benzene rings is 1. The molecule has 2 rings (SSSR count). The molecule has 1 saturated carbocycles. The number of methoxy groups -OCH3 is 1. The van der Waals surface area contributed by atoms with E-state index in [0.29, 0.717) is 12.1 Å². The summed E-state index contributed by atoms with van der Waals surface area (Å²) in [7, 11) is 1.65. The molecule has 0 aliphatic heterocycles. The molecule has 3 N–H and O–H groups in total. The van der Waals surface area contributed by atoms with Crippen molar-refractivity contribution in [2.75, 3.05) is 12.4 Å². The highest BCUT2D eigenvalue weighted by molar-refractivity contribution is 6.31. The third-order valence-corrected chi connectivity index (χ3v) is 3.42. The molecular weight excluding hydrogens is 224 g/mol. The maximum Gasteiger partial charge on any atom is 0.143 e. The Morgan fingerprint density at radius 2 is 2.12 bits per heavy atom. The predicted octanol–water partition coefficient (Wildman–Crippen LogP) is 2.56. The summed E-state index contributed by atoms with van der Waals surface area (Å²) in [5.41, 5.74) is 7.81. The van der Waals surface area contributed by atoms with Crippen LogP contribution in [-0.2, 0) is 0 Å². The summed E-state index contributed by atoms with van der Waals surface area (Å²) in [5.74, 6) is 0.788. The molecule has 0 unspecified atom stereocenters. The smallest absolute Gasteiger partial charge is 0.143 e. The summed E-state index contributed by atoms with van der Waals surface area (Å²) < 4.78 is 5.30. The van der Waals surface area contributed by atoms with Gasteiger partial charge in [-0.3, -0.25) is 0 Å². The number of anilines is 1. The fourth-order valence-electron chi connectivity index (χ4n) is 1.94. The summed E-state index contributed by atoms with van der Waals surface area (Å²) in [4.78, 5) is 0. The van der Waals surface area contributed by atoms with Gasteiger partial charge in [0.2, 0.25) is 0 Å². The molecule has 1 aliphatic carbocycles. The first-order chi connectivity index (χ1) is 7.60. The molecule has 4 heteroatoms. The molecule has 0 radical (unpaired) electrons. The zero-order chi connectivity index (χ0) is 11.7. The van der Waals surface area contributed by atoms with Gasteiger partial charge in [0.05, 0.1) is 12.8 Å². The number of nitrogens with two attached hydrogens (primary N) is 1. The largest absolute Gasteiger partial charge is 0.495 e. The van der Waals surface area contributed by atoms with Crippen molar-refractivity contribution in [3.63, 3.8) is 0 Å². The van der Waals surface area contributed by atoms with Gasteiger partial charge in [0.1, 0.15) is 5.75 Å². The van der Waals surface area contributed by atoms with E-state index in [-0.39, 0.29) is 0 Å². The molecule has 1 aromatic rings. The Labute approximate surface area is 101 Å². The van der Waals surface area contributed by atoms with Crippen molar-refractivity contribution in [3.05, 3.63) is 22.7 Å². The van der Waals surface area contributed by atoms with E-state index < -0.39 is 0 Å². The van der Waals surface area contributed by atoms with E-state index in [1.54, 1.807) is 7.11 Å². The molecule has 3 nitrogen and oxygen atoms in total. The minimum Gasteiger partial charge on any atom is -0.495 e. The first kappa shape index (κ1) is 11.6. The first-order valence-corrected chi connectivity index (χ1v) is 5.84. The van der Waals surface area contributed by atoms with Crippen molar-refractivity contribution >= 4 is 17.3 Å². The third-order valence-electron chi connectivity index (χ3n) is 3.01. The summed E-state index contributed by atoms with van der Waals surface area (Å²) in [6.07, 6.45) is 2.04. The Kier molecular flexibility index (Phi) is 3.26. The first-order valence-electron chi connectivity index (χ1n) is 5.46. The molecule has 1 aromatic carbocycles. The van der Waals surface area contributed by atoms with Crippen molar-refractivity contribution < 1.29 is 4.74 Å². The van der Waals surface area contributed by atoms with Crippen LogP contribution in [0.4, 0.5) is 5.69 Å². The molecule has 88 valence electrons. The molecule has 1 fully saturated rings. The lowest BCUT2D eigenvalue weighted by Gasteiger charge is -2.34. The number of ether oxygens (including phenoxy) is 1. The quantitative estimate of drug-likeness (QED) is 0.854. The molecule has 0 amide bonds. The molecule has 0 saturated heterocycles. The van der Waals surface area contributed by atoms with Crippen molar-refractivity contribution in [1.29, 1.82) is 0 Å². The van der Waals surface area contributed by atoms with Crippen LogP contribution < -0.4 is 15.8 Å². The minimum absolute atomic E-state index is 0.344. The van der Waals surface area contributed by atoms with Gasteiger partial charge in [0.15, 0.2) is 0 Å². The van der Waals surface area contributed by atoms with Crippen LogP contribution in [0.2, 0.25) is 5.02 Å². The Balaban J connectivity index is 2.15. The van der Waals surface area contributed by atoms with Crippen LogP contribution in [0, 0.1) is 6.92 Å². The fourth-order valence-corrected chi connectivity index (χ4v) is 2.10. The molecule has 1 aliphatic rings. The predicted molar refractivity (Wildman–Crippen MR) is 67.4 cm³/mol. The fraction of sp³-hybridized carbons (Fsp3) is 0.500. The molecule has 0 heterocycles. The number of hydrogen-bond acceptors (Lipinski definition) is 3. The number of halogens is 1. The van der Waals surface area contributed by atoms with Crippen LogP contribution in [-0.4, -0.2) is 19.2 Å². The average molecular weight is 241 g/mol. The summed E-state index contributed by atoms with van der Waals surface area (Å²) in [6.45, 7) is 1.99. The standard InChI is InChI=1S/C12H17ClN2O/c1-7-3-11(12(16-2)6-10(7)13)15-9-4-8(14)5-9/h3,6,8-9,15H,4-5,14H2,1-2H3. The molecule has 0 spiro atoms. The maximum absolute atomic E-state index is 6.04. The molecule has 16 heavy (non-hydrogen) atoms. The second-order valence-electron chi connectivity index (χ2n) is 4.37. The SMILES string of the molecule is COc1cc(Cl)c(C)cc1NC1CC(N)C1. The normalized spacial score (nSPS) is 23.8. The minimum atomic E-state index is 0.344. The highest BCUT2D eigenvalue weighted by Crippen LogP contribution is 2.33. The number of nitrogens with one attached hydrogen (secondary N) is 1. The Morgan fingerprint density at radius 3 is 2.69 bits per heavy atom. The summed E-state index contributed by atoms with van der Waals surface area (Å²) >= 11 is 6.04. The van der Waals surface area contributed by atoms with Crippen LogP contribution in [0.3, 0.4) is 0 Å². The highest BCUT2D eigenvalue weighted by Gasteiger charge is 2.26. The van der Waals surface area contributed by atoms with Crippen LogP contribution in [0.15, 0.2) is 12.1 Å². The van der Waals surface area contributed by atoms with Crippen molar-refractivity contribution in [2.24, 2.45) is 5.73 Å². The van der Waals surface area contributed by atoms with E-state index in [9.17, 15) is 0 Å². The van der Waals surface area contributed by atoms with E-state index in [1.165, 1.54) is 0 Å². The maximum atomic E-state index is 6.04. The van der Waals surface area contributed by atoms with Crippen LogP contribution in [0.25, 0.3) is 0 Å². The van der Waals surface area contributed by atoms with Gasteiger partial charge in [0, 0.05) is 23.2 Å². The van der Waals surface area contributed by atoms with Crippen LogP contribution >= 0.6 is 11.6 Å². The van der Waals surface area contributed by atoms with E-state index in [4.69, 9.17) is 22.1 Å². The number of rotatable bonds is 3. The molecule has 0 aromatic heterocycles. The third kappa shape index (κ3) is 2.25. The van der Waals surface area contributed by atoms with Crippen molar-refractivity contribution in [1.82, 2.24) is 0 Å². The Hall–Kier alpha value is -0.930. The van der Waals surface area contributed by atoms with Gasteiger partial charge < -0.3 is 15.8 Å². The summed E-state index contributed by atoms with van der Waals surface area (Å²) in [5, 5.41) is 4.16. The van der Waals surface area contributed by atoms with Gasteiger partial charge >= 0.3 is 0 Å². The van der Waals surface area contributed by atoms with E-state index in [2.05, 4.69) is 5.32 Å². The summed E-state index contributed by atoms with van der Waals surface area (Å²) in [6, 6.07) is 4.67. The van der Waals surface area contributed by atoms with E-state index >= 15 is 0 Å². The van der Waals surface area contributed by atoms with E-state index in [1.807, 2.05) is 19.1 Å². The van der Waals surface area contributed by atoms with Crippen molar-refractivity contribution in [3.8, 4) is 5.75 Å². The average Bonchev–Trinajstić information content (AvgIpc) is 2.20. The second kappa shape index (κ2) is 4.52. The number of aryl methyl sites for hydroxylation is 1. The zero-order valence-corrected chi connectivity index (χ0v) is 10.3. The Morgan fingerprint density at radius 1 is 1.44 bits per heavy atom. The molecule has 0 atom stereocenters. The number of hydrogen-bond donors (Lipinski definition) is 2. The lowest BCUT2D eigenvalue weighted by Crippen LogP contribution is -2.44. The van der Waals surface area contributed by atoms with Gasteiger partial charge in [-0.15, -0.1) is 0 Å². The topological polar surface area (TPSA) is 47.3 Å². The lowest BCUT2D eigenvalue weighted by molar-refractivity contribution is 0.369. The van der Waals surface area contributed by atoms with Gasteiger partial charge in [-0.05, 0) is 31.4 Å². The molecule has 0 bridgehead atoms. The van der Waals surface area contributed by atoms with Gasteiger partial charge in [-0.1, -0.05) is 11.6 Å². The zero-order valence-electron chi connectivity index (χ0n) is 9.59. The van der Waals surface area contributed by atoms with Crippen LogP contribution in [0.5, 0.6) is 5.75 Å². The van der Waals surface area contributed by atoms with Crippen molar-refractivity contribution in [2.45, 2.75) is 31.8 Å². The Bertz CT molecular complexity index is 389. The van der Waals surface area contributed by atoms with Crippen LogP contribution in [0.1, 0.15) is 18.4 Å². The monoisotopic (exact) mass is 240 g/mol. The second-order valence-corrected chi connectivity index (χ2v) is 4.78.